The fourth-order valence-corrected chi connectivity index (χ4v) is 1.86. The first kappa shape index (κ1) is 14.7. The summed E-state index contributed by atoms with van der Waals surface area (Å²) in [5, 5.41) is 8.47. The zero-order chi connectivity index (χ0) is 15.4. The highest BCUT2D eigenvalue weighted by molar-refractivity contribution is 6.37. The Morgan fingerprint density at radius 3 is 2.38 bits per heavy atom. The number of furan rings is 1. The molecule has 0 bridgehead atoms. The van der Waals surface area contributed by atoms with Crippen molar-refractivity contribution in [1.29, 1.82) is 0 Å². The van der Waals surface area contributed by atoms with E-state index in [0.29, 0.717) is 6.42 Å². The Kier molecular flexibility index (Phi) is 4.33. The van der Waals surface area contributed by atoms with Crippen molar-refractivity contribution in [3.8, 4) is 0 Å². The van der Waals surface area contributed by atoms with Crippen molar-refractivity contribution in [3.05, 3.63) is 59.0 Å². The fraction of sp³-hybridized carbons (Fsp3) is 0.188. The average molecular weight is 286 g/mol. The summed E-state index contributed by atoms with van der Waals surface area (Å²) in [6.07, 6.45) is 1.36. The monoisotopic (exact) mass is 286 g/mol. The first-order chi connectivity index (χ1) is 9.95. The van der Waals surface area contributed by atoms with Gasteiger partial charge in [-0.25, -0.2) is 4.79 Å². The van der Waals surface area contributed by atoms with E-state index in [-0.39, 0.29) is 5.76 Å². The second-order valence-electron chi connectivity index (χ2n) is 4.81. The van der Waals surface area contributed by atoms with E-state index in [4.69, 9.17) is 9.52 Å². The van der Waals surface area contributed by atoms with Crippen molar-refractivity contribution in [1.82, 2.24) is 0 Å². The lowest BCUT2D eigenvalue weighted by Gasteiger charge is -1.98. The number of aryl methyl sites for hydroxylation is 1. The molecule has 0 radical (unpaired) electrons. The van der Waals surface area contributed by atoms with Gasteiger partial charge in [0, 0.05) is 6.42 Å². The molecule has 1 aromatic heterocycles. The minimum Gasteiger partial charge on any atom is -0.475 e. The number of carbonyl (C=O) groups is 3. The average Bonchev–Trinajstić information content (AvgIpc) is 2.90. The third-order valence-electron chi connectivity index (χ3n) is 3.02. The zero-order valence-corrected chi connectivity index (χ0v) is 11.5. The van der Waals surface area contributed by atoms with Gasteiger partial charge in [0.15, 0.2) is 5.76 Å². The molecule has 5 heteroatoms. The summed E-state index contributed by atoms with van der Waals surface area (Å²) in [7, 11) is 0. The predicted octanol–water partition coefficient (Wildman–Crippen LogP) is 2.41. The number of rotatable bonds is 6. The van der Waals surface area contributed by atoms with Crippen LogP contribution in [0.3, 0.4) is 0 Å². The molecule has 0 atom stereocenters. The Morgan fingerprint density at radius 2 is 1.76 bits per heavy atom. The lowest BCUT2D eigenvalue weighted by molar-refractivity contribution is -0.148. The normalized spacial score (nSPS) is 10.3. The second-order valence-corrected chi connectivity index (χ2v) is 4.81. The molecular formula is C16H14O5. The first-order valence-corrected chi connectivity index (χ1v) is 6.38. The number of ketones is 2. The van der Waals surface area contributed by atoms with Crippen LogP contribution in [-0.2, 0) is 16.0 Å². The Balaban J connectivity index is 2.04. The van der Waals surface area contributed by atoms with Crippen LogP contribution in [0.5, 0.6) is 0 Å². The lowest BCUT2D eigenvalue weighted by Crippen LogP contribution is -2.16. The Labute approximate surface area is 121 Å². The number of carboxylic acid groups (broad SMARTS) is 1. The van der Waals surface area contributed by atoms with Crippen molar-refractivity contribution in [2.75, 3.05) is 0 Å². The van der Waals surface area contributed by atoms with Crippen LogP contribution in [0.2, 0.25) is 0 Å². The molecule has 0 unspecified atom stereocenters. The number of carboxylic acids is 1. The van der Waals surface area contributed by atoms with Crippen LogP contribution in [0.4, 0.5) is 0 Å². The molecular weight excluding hydrogens is 272 g/mol. The summed E-state index contributed by atoms with van der Waals surface area (Å²) in [6.45, 7) is 2.00. The van der Waals surface area contributed by atoms with Gasteiger partial charge in [0.25, 0.3) is 0 Å². The van der Waals surface area contributed by atoms with Crippen LogP contribution in [0.1, 0.15) is 33.7 Å². The van der Waals surface area contributed by atoms with E-state index < -0.39 is 24.0 Å². The number of benzene rings is 1. The molecule has 0 amide bonds. The summed E-state index contributed by atoms with van der Waals surface area (Å²) in [5.74, 6) is -3.38. The van der Waals surface area contributed by atoms with Gasteiger partial charge >= 0.3 is 5.97 Å². The number of aliphatic carboxylic acids is 1. The maximum atomic E-state index is 11.7. The minimum absolute atomic E-state index is 0.00621. The van der Waals surface area contributed by atoms with Crippen molar-refractivity contribution in [3.63, 3.8) is 0 Å². The zero-order valence-electron chi connectivity index (χ0n) is 11.5. The largest absolute Gasteiger partial charge is 0.475 e. The van der Waals surface area contributed by atoms with Crippen molar-refractivity contribution in [2.24, 2.45) is 0 Å². The van der Waals surface area contributed by atoms with E-state index in [1.165, 1.54) is 12.3 Å². The summed E-state index contributed by atoms with van der Waals surface area (Å²) in [5.41, 5.74) is 3.03. The van der Waals surface area contributed by atoms with E-state index in [0.717, 1.165) is 16.7 Å². The van der Waals surface area contributed by atoms with Gasteiger partial charge in [-0.3, -0.25) is 9.59 Å². The molecule has 1 heterocycles. The van der Waals surface area contributed by atoms with Gasteiger partial charge in [0.1, 0.15) is 0 Å². The number of carbonyl (C=O) groups excluding carboxylic acids is 2. The SMILES string of the molecule is Cc1ccc(Cc2coc(C(=O)CC(=O)C(=O)O)c2)cc1. The second kappa shape index (κ2) is 6.17. The van der Waals surface area contributed by atoms with Gasteiger partial charge < -0.3 is 9.52 Å². The molecule has 0 aliphatic carbocycles. The minimum atomic E-state index is -1.62. The quantitative estimate of drug-likeness (QED) is 0.500. The molecule has 2 aromatic rings. The third-order valence-corrected chi connectivity index (χ3v) is 3.02. The number of hydrogen-bond donors (Lipinski definition) is 1. The molecule has 0 spiro atoms. The fourth-order valence-electron chi connectivity index (χ4n) is 1.86. The molecule has 0 aliphatic rings. The van der Waals surface area contributed by atoms with Gasteiger partial charge in [0.05, 0.1) is 12.7 Å². The predicted molar refractivity (Wildman–Crippen MR) is 74.3 cm³/mol. The number of hydrogen-bond acceptors (Lipinski definition) is 4. The van der Waals surface area contributed by atoms with Crippen molar-refractivity contribution < 1.29 is 23.9 Å². The molecule has 2 rings (SSSR count). The highest BCUT2D eigenvalue weighted by atomic mass is 16.4. The van der Waals surface area contributed by atoms with Crippen molar-refractivity contribution in [2.45, 2.75) is 19.8 Å². The van der Waals surface area contributed by atoms with Crippen LogP contribution in [-0.4, -0.2) is 22.6 Å². The lowest BCUT2D eigenvalue weighted by atomic mass is 10.1. The van der Waals surface area contributed by atoms with E-state index in [1.54, 1.807) is 0 Å². The summed E-state index contributed by atoms with van der Waals surface area (Å²) in [6, 6.07) is 9.49. The summed E-state index contributed by atoms with van der Waals surface area (Å²) in [4.78, 5) is 33.1. The topological polar surface area (TPSA) is 84.6 Å². The molecule has 0 aliphatic heterocycles. The summed E-state index contributed by atoms with van der Waals surface area (Å²) < 4.78 is 5.11. The van der Waals surface area contributed by atoms with Gasteiger partial charge in [-0.2, -0.15) is 0 Å². The van der Waals surface area contributed by atoms with Gasteiger partial charge in [0.2, 0.25) is 11.6 Å². The first-order valence-electron chi connectivity index (χ1n) is 6.38. The van der Waals surface area contributed by atoms with Gasteiger partial charge in [-0.05, 0) is 24.1 Å². The van der Waals surface area contributed by atoms with E-state index >= 15 is 0 Å². The summed E-state index contributed by atoms with van der Waals surface area (Å²) >= 11 is 0. The molecule has 0 saturated carbocycles. The van der Waals surface area contributed by atoms with E-state index in [1.807, 2.05) is 31.2 Å². The van der Waals surface area contributed by atoms with Crippen LogP contribution in [0.25, 0.3) is 0 Å². The van der Waals surface area contributed by atoms with Crippen LogP contribution in [0.15, 0.2) is 41.0 Å². The molecule has 108 valence electrons. The molecule has 21 heavy (non-hydrogen) atoms. The molecule has 5 nitrogen and oxygen atoms in total. The Morgan fingerprint density at radius 1 is 1.10 bits per heavy atom. The molecule has 1 N–H and O–H groups in total. The molecule has 0 saturated heterocycles. The Bertz CT molecular complexity index is 679. The number of Topliss-reactive ketones (excluding diaryl/α,β-unsaturated/α-hetero) is 2. The highest BCUT2D eigenvalue weighted by Crippen LogP contribution is 2.15. The third kappa shape index (κ3) is 3.89. The molecule has 1 aromatic carbocycles. The standard InChI is InChI=1S/C16H14O5/c1-10-2-4-11(5-3-10)6-12-7-15(21-9-12)13(17)8-14(18)16(19)20/h2-5,7,9H,6,8H2,1H3,(H,19,20). The van der Waals surface area contributed by atoms with Gasteiger partial charge in [-0.15, -0.1) is 0 Å². The van der Waals surface area contributed by atoms with Crippen molar-refractivity contribution >= 4 is 17.5 Å². The highest BCUT2D eigenvalue weighted by Gasteiger charge is 2.20. The maximum absolute atomic E-state index is 11.7. The van der Waals surface area contributed by atoms with E-state index in [9.17, 15) is 14.4 Å². The maximum Gasteiger partial charge on any atom is 0.372 e. The Hall–Kier alpha value is -2.69. The molecule has 0 fully saturated rings. The van der Waals surface area contributed by atoms with Crippen LogP contribution in [0, 0.1) is 6.92 Å². The van der Waals surface area contributed by atoms with Crippen LogP contribution < -0.4 is 0 Å². The van der Waals surface area contributed by atoms with E-state index in [2.05, 4.69) is 0 Å². The smallest absolute Gasteiger partial charge is 0.372 e. The van der Waals surface area contributed by atoms with Crippen LogP contribution >= 0.6 is 0 Å². The van der Waals surface area contributed by atoms with Gasteiger partial charge in [-0.1, -0.05) is 29.8 Å².